The molecule has 0 spiro atoms. The summed E-state index contributed by atoms with van der Waals surface area (Å²) < 4.78 is 55.3. The first-order valence-corrected chi connectivity index (χ1v) is 5.81. The highest BCUT2D eigenvalue weighted by Crippen LogP contribution is 2.31. The van der Waals surface area contributed by atoms with Crippen LogP contribution in [0.4, 0.5) is 28.0 Å². The summed E-state index contributed by atoms with van der Waals surface area (Å²) in [5, 5.41) is 3.92. The Kier molecular flexibility index (Phi) is 5.51. The Balaban J connectivity index is 2.69. The highest BCUT2D eigenvalue weighted by molar-refractivity contribution is 5.91. The third-order valence-corrected chi connectivity index (χ3v) is 2.24. The molecular weight excluding hydrogens is 296 g/mol. The van der Waals surface area contributed by atoms with Crippen LogP contribution in [0.2, 0.25) is 0 Å². The second-order valence-corrected chi connectivity index (χ2v) is 3.81. The van der Waals surface area contributed by atoms with Gasteiger partial charge in [0.15, 0.2) is 0 Å². The molecule has 0 aliphatic heterocycles. The number of anilines is 1. The fourth-order valence-electron chi connectivity index (χ4n) is 1.33. The summed E-state index contributed by atoms with van der Waals surface area (Å²) in [6.45, 7) is 1.20. The van der Waals surface area contributed by atoms with Crippen molar-refractivity contribution in [1.29, 1.82) is 0 Å². The maximum atomic E-state index is 13.3. The molecule has 0 bridgehead atoms. The van der Waals surface area contributed by atoms with Crippen molar-refractivity contribution in [3.63, 3.8) is 0 Å². The van der Waals surface area contributed by atoms with E-state index in [0.29, 0.717) is 18.2 Å². The molecule has 5 nitrogen and oxygen atoms in total. The quantitative estimate of drug-likeness (QED) is 0.663. The van der Waals surface area contributed by atoms with Gasteiger partial charge in [-0.05, 0) is 25.1 Å². The topological polar surface area (TPSA) is 67.4 Å². The zero-order valence-corrected chi connectivity index (χ0v) is 10.9. The Hall–Kier alpha value is -2.32. The molecule has 0 aliphatic rings. The third-order valence-electron chi connectivity index (χ3n) is 2.24. The van der Waals surface area contributed by atoms with Crippen molar-refractivity contribution >= 4 is 17.7 Å². The number of nitrogens with one attached hydrogen (secondary N) is 2. The molecule has 0 saturated carbocycles. The van der Waals surface area contributed by atoms with Crippen LogP contribution in [-0.4, -0.2) is 25.2 Å². The van der Waals surface area contributed by atoms with Crippen molar-refractivity contribution in [3.8, 4) is 0 Å². The Morgan fingerprint density at radius 1 is 1.29 bits per heavy atom. The Bertz CT molecular complexity index is 532. The summed E-state index contributed by atoms with van der Waals surface area (Å²) >= 11 is 0. The molecule has 0 aromatic heterocycles. The van der Waals surface area contributed by atoms with E-state index in [-0.39, 0.29) is 6.61 Å². The smallest absolute Gasteiger partial charge is 0.416 e. The average Bonchev–Trinajstić information content (AvgIpc) is 2.38. The molecule has 0 saturated heterocycles. The minimum absolute atomic E-state index is 0.115. The number of esters is 1. The van der Waals surface area contributed by atoms with E-state index in [1.165, 1.54) is 0 Å². The molecule has 1 rings (SSSR count). The van der Waals surface area contributed by atoms with E-state index >= 15 is 0 Å². The Morgan fingerprint density at radius 2 is 1.95 bits per heavy atom. The predicted octanol–water partition coefficient (Wildman–Crippen LogP) is 2.53. The van der Waals surface area contributed by atoms with E-state index in [0.717, 1.165) is 0 Å². The lowest BCUT2D eigenvalue weighted by Crippen LogP contribution is -2.34. The van der Waals surface area contributed by atoms with Crippen LogP contribution in [0.25, 0.3) is 0 Å². The van der Waals surface area contributed by atoms with Crippen molar-refractivity contribution in [1.82, 2.24) is 5.32 Å². The molecule has 0 heterocycles. The van der Waals surface area contributed by atoms with Gasteiger partial charge in [-0.3, -0.25) is 4.79 Å². The van der Waals surface area contributed by atoms with Gasteiger partial charge in [-0.2, -0.15) is 13.2 Å². The summed E-state index contributed by atoms with van der Waals surface area (Å²) in [6.07, 6.45) is -4.66. The summed E-state index contributed by atoms with van der Waals surface area (Å²) in [5.41, 5.74) is -1.75. The predicted molar refractivity (Wildman–Crippen MR) is 65.1 cm³/mol. The number of benzene rings is 1. The van der Waals surface area contributed by atoms with Crippen LogP contribution >= 0.6 is 0 Å². The summed E-state index contributed by atoms with van der Waals surface area (Å²) in [6, 6.07) is 0.571. The highest BCUT2D eigenvalue weighted by Gasteiger charge is 2.31. The fraction of sp³-hybridized carbons (Fsp3) is 0.333. The van der Waals surface area contributed by atoms with Crippen molar-refractivity contribution in [2.24, 2.45) is 0 Å². The van der Waals surface area contributed by atoms with Gasteiger partial charge in [0.1, 0.15) is 12.4 Å². The Labute approximate surface area is 117 Å². The lowest BCUT2D eigenvalue weighted by molar-refractivity contribution is -0.141. The second kappa shape index (κ2) is 6.91. The zero-order chi connectivity index (χ0) is 16.0. The molecule has 0 aliphatic carbocycles. The first-order chi connectivity index (χ1) is 9.74. The van der Waals surface area contributed by atoms with Gasteiger partial charge in [-0.15, -0.1) is 0 Å². The largest absolute Gasteiger partial charge is 0.465 e. The van der Waals surface area contributed by atoms with E-state index in [9.17, 15) is 27.2 Å². The molecule has 1 aromatic carbocycles. The number of urea groups is 1. The third kappa shape index (κ3) is 5.28. The minimum atomic E-state index is -4.66. The number of ether oxygens (including phenoxy) is 1. The molecule has 0 unspecified atom stereocenters. The van der Waals surface area contributed by atoms with Crippen LogP contribution in [-0.2, 0) is 15.7 Å². The number of hydrogen-bond donors (Lipinski definition) is 2. The van der Waals surface area contributed by atoms with Crippen LogP contribution in [0.1, 0.15) is 12.5 Å². The summed E-state index contributed by atoms with van der Waals surface area (Å²) in [5.74, 6) is -1.76. The maximum absolute atomic E-state index is 13.3. The van der Waals surface area contributed by atoms with Gasteiger partial charge in [-0.25, -0.2) is 9.18 Å². The van der Waals surface area contributed by atoms with Crippen LogP contribution in [0, 0.1) is 5.82 Å². The standard InChI is InChI=1S/C12H12F4N2O3/c1-2-21-10(19)6-17-11(20)18-9-5-7(12(14,15)16)3-4-8(9)13/h3-5H,2,6H2,1H3,(H2,17,18,20). The number of hydrogen-bond acceptors (Lipinski definition) is 3. The van der Waals surface area contributed by atoms with E-state index in [2.05, 4.69) is 4.74 Å². The number of alkyl halides is 3. The highest BCUT2D eigenvalue weighted by atomic mass is 19.4. The van der Waals surface area contributed by atoms with E-state index in [4.69, 9.17) is 0 Å². The molecule has 9 heteroatoms. The van der Waals surface area contributed by atoms with Crippen molar-refractivity contribution < 1.29 is 31.9 Å². The fourth-order valence-corrected chi connectivity index (χ4v) is 1.33. The van der Waals surface area contributed by atoms with Crippen LogP contribution in [0.3, 0.4) is 0 Å². The van der Waals surface area contributed by atoms with Crippen molar-refractivity contribution in [3.05, 3.63) is 29.6 Å². The zero-order valence-electron chi connectivity index (χ0n) is 10.9. The van der Waals surface area contributed by atoms with Gasteiger partial charge < -0.3 is 15.4 Å². The minimum Gasteiger partial charge on any atom is -0.465 e. The number of rotatable bonds is 4. The van der Waals surface area contributed by atoms with E-state index < -0.39 is 41.8 Å². The van der Waals surface area contributed by atoms with Gasteiger partial charge >= 0.3 is 18.2 Å². The van der Waals surface area contributed by atoms with Crippen molar-refractivity contribution in [2.45, 2.75) is 13.1 Å². The van der Waals surface area contributed by atoms with Gasteiger partial charge in [0.25, 0.3) is 0 Å². The van der Waals surface area contributed by atoms with Crippen LogP contribution < -0.4 is 10.6 Å². The van der Waals surface area contributed by atoms with Gasteiger partial charge in [0.05, 0.1) is 17.9 Å². The van der Waals surface area contributed by atoms with Gasteiger partial charge in [-0.1, -0.05) is 0 Å². The maximum Gasteiger partial charge on any atom is 0.416 e. The second-order valence-electron chi connectivity index (χ2n) is 3.81. The van der Waals surface area contributed by atoms with Crippen molar-refractivity contribution in [2.75, 3.05) is 18.5 Å². The molecule has 0 radical (unpaired) electrons. The monoisotopic (exact) mass is 308 g/mol. The number of carbonyl (C=O) groups is 2. The van der Waals surface area contributed by atoms with Gasteiger partial charge in [0.2, 0.25) is 0 Å². The Morgan fingerprint density at radius 3 is 2.52 bits per heavy atom. The lowest BCUT2D eigenvalue weighted by atomic mass is 10.2. The van der Waals surface area contributed by atoms with Crippen LogP contribution in [0.5, 0.6) is 0 Å². The molecular formula is C12H12F4N2O3. The normalized spacial score (nSPS) is 10.9. The SMILES string of the molecule is CCOC(=O)CNC(=O)Nc1cc(C(F)(F)F)ccc1F. The molecule has 0 fully saturated rings. The number of amides is 2. The average molecular weight is 308 g/mol. The van der Waals surface area contributed by atoms with E-state index in [1.54, 1.807) is 6.92 Å². The van der Waals surface area contributed by atoms with Crippen LogP contribution in [0.15, 0.2) is 18.2 Å². The molecule has 21 heavy (non-hydrogen) atoms. The number of carbonyl (C=O) groups excluding carboxylic acids is 2. The summed E-state index contributed by atoms with van der Waals surface area (Å²) in [4.78, 5) is 22.3. The molecule has 116 valence electrons. The number of halogens is 4. The molecule has 1 aromatic rings. The lowest BCUT2D eigenvalue weighted by Gasteiger charge is -2.11. The van der Waals surface area contributed by atoms with Gasteiger partial charge in [0, 0.05) is 0 Å². The molecule has 2 N–H and O–H groups in total. The molecule has 2 amide bonds. The summed E-state index contributed by atoms with van der Waals surface area (Å²) in [7, 11) is 0. The molecule has 0 atom stereocenters. The van der Waals surface area contributed by atoms with E-state index in [1.807, 2.05) is 10.6 Å². The first kappa shape index (κ1) is 16.7. The first-order valence-electron chi connectivity index (χ1n) is 5.81.